The van der Waals surface area contributed by atoms with E-state index >= 15 is 0 Å². The first-order chi connectivity index (χ1) is 26.0. The Hall–Kier alpha value is -5.06. The summed E-state index contributed by atoms with van der Waals surface area (Å²) in [6.07, 6.45) is 3.48. The molecule has 17 heteroatoms. The van der Waals surface area contributed by atoms with Crippen LogP contribution in [0.25, 0.3) is 0 Å². The topological polar surface area (TPSA) is 181 Å². The van der Waals surface area contributed by atoms with Crippen LogP contribution in [0.15, 0.2) is 59.5 Å². The van der Waals surface area contributed by atoms with Gasteiger partial charge in [0.25, 0.3) is 15.9 Å². The van der Waals surface area contributed by atoms with E-state index < -0.39 is 91.7 Å². The Labute approximate surface area is 318 Å². The van der Waals surface area contributed by atoms with E-state index in [4.69, 9.17) is 9.47 Å². The van der Waals surface area contributed by atoms with Crippen molar-refractivity contribution in [1.82, 2.24) is 25.2 Å². The van der Waals surface area contributed by atoms with E-state index in [1.807, 2.05) is 10.8 Å². The predicted octanol–water partition coefficient (Wildman–Crippen LogP) is 4.18. The third-order valence-electron chi connectivity index (χ3n) is 10.1. The van der Waals surface area contributed by atoms with Crippen LogP contribution in [0, 0.1) is 17.6 Å². The van der Waals surface area contributed by atoms with Crippen LogP contribution in [0.4, 0.5) is 18.4 Å². The van der Waals surface area contributed by atoms with Gasteiger partial charge in [-0.25, -0.2) is 31.5 Å². The SMILES string of the molecule is CC(C)(C)OC(=O)N[C@H]1CCCCC/C=C\[C@@H]2C[C@@]2(C(=O)NS(=O)(=O)c2cccc(F)c2)NC(=O)[C@@H]2C[C@@H](OC(=O)N3Cc4cccc(F)c4C3)CN2C1=O. The monoisotopic (exact) mass is 785 g/mol. The van der Waals surface area contributed by atoms with Gasteiger partial charge in [-0.1, -0.05) is 43.2 Å². The van der Waals surface area contributed by atoms with Crippen molar-refractivity contribution in [2.24, 2.45) is 5.92 Å². The molecule has 0 aromatic heterocycles. The average molecular weight is 786 g/mol. The largest absolute Gasteiger partial charge is 0.444 e. The van der Waals surface area contributed by atoms with Crippen LogP contribution in [0.1, 0.15) is 76.8 Å². The van der Waals surface area contributed by atoms with Gasteiger partial charge in [0.1, 0.15) is 41.0 Å². The lowest BCUT2D eigenvalue weighted by molar-refractivity contribution is -0.141. The zero-order valence-corrected chi connectivity index (χ0v) is 31.6. The van der Waals surface area contributed by atoms with Crippen LogP contribution >= 0.6 is 0 Å². The number of nitrogens with zero attached hydrogens (tertiary/aromatic N) is 2. The van der Waals surface area contributed by atoms with Crippen molar-refractivity contribution in [2.75, 3.05) is 6.54 Å². The smallest absolute Gasteiger partial charge is 0.410 e. The van der Waals surface area contributed by atoms with Crippen molar-refractivity contribution in [3.05, 3.63) is 77.4 Å². The van der Waals surface area contributed by atoms with Crippen molar-refractivity contribution < 1.29 is 50.6 Å². The molecule has 3 aliphatic heterocycles. The van der Waals surface area contributed by atoms with Crippen LogP contribution in [0.5, 0.6) is 0 Å². The summed E-state index contributed by atoms with van der Waals surface area (Å²) in [4.78, 5) is 70.7. The van der Waals surface area contributed by atoms with E-state index in [0.29, 0.717) is 36.8 Å². The molecule has 0 spiro atoms. The summed E-state index contributed by atoms with van der Waals surface area (Å²) in [7, 11) is -4.55. The van der Waals surface area contributed by atoms with E-state index in [-0.39, 0.29) is 38.9 Å². The van der Waals surface area contributed by atoms with Crippen LogP contribution in [0.2, 0.25) is 0 Å². The first-order valence-corrected chi connectivity index (χ1v) is 19.8. The summed E-state index contributed by atoms with van der Waals surface area (Å²) in [5.74, 6) is -4.41. The summed E-state index contributed by atoms with van der Waals surface area (Å²) < 4.78 is 67.9. The molecule has 2 aromatic rings. The van der Waals surface area contributed by atoms with Gasteiger partial charge < -0.3 is 25.0 Å². The number of carbonyl (C=O) groups is 5. The molecule has 3 heterocycles. The molecule has 55 heavy (non-hydrogen) atoms. The lowest BCUT2D eigenvalue weighted by Crippen LogP contribution is -2.58. The number of ether oxygens (including phenoxy) is 2. The molecular formula is C38H45F2N5O9S. The number of hydrogen-bond donors (Lipinski definition) is 3. The van der Waals surface area contributed by atoms with Gasteiger partial charge in [-0.05, 0) is 76.3 Å². The van der Waals surface area contributed by atoms with Crippen molar-refractivity contribution in [3.8, 4) is 0 Å². The summed E-state index contributed by atoms with van der Waals surface area (Å²) in [6.45, 7) is 4.83. The second-order valence-corrected chi connectivity index (χ2v) is 17.1. The molecule has 5 atom stereocenters. The fraction of sp³-hybridized carbons (Fsp3) is 0.500. The summed E-state index contributed by atoms with van der Waals surface area (Å²) >= 11 is 0. The summed E-state index contributed by atoms with van der Waals surface area (Å²) in [6, 6.07) is 6.22. The second-order valence-electron chi connectivity index (χ2n) is 15.4. The van der Waals surface area contributed by atoms with E-state index in [1.165, 1.54) is 21.9 Å². The lowest BCUT2D eigenvalue weighted by atomic mass is 10.0. The van der Waals surface area contributed by atoms with Crippen LogP contribution in [-0.4, -0.2) is 84.0 Å². The van der Waals surface area contributed by atoms with E-state index in [2.05, 4.69) is 10.6 Å². The van der Waals surface area contributed by atoms with Gasteiger partial charge in [-0.2, -0.15) is 0 Å². The number of sulfonamides is 1. The Bertz CT molecular complexity index is 2000. The van der Waals surface area contributed by atoms with Gasteiger partial charge in [0.15, 0.2) is 0 Å². The normalized spacial score (nSPS) is 26.3. The maximum atomic E-state index is 14.4. The molecular weight excluding hydrogens is 741 g/mol. The zero-order chi connectivity index (χ0) is 39.7. The highest BCUT2D eigenvalue weighted by molar-refractivity contribution is 7.90. The lowest BCUT2D eigenvalue weighted by Gasteiger charge is -2.30. The highest BCUT2D eigenvalue weighted by Gasteiger charge is 2.61. The number of hydrogen-bond acceptors (Lipinski definition) is 9. The number of nitrogens with one attached hydrogen (secondary N) is 3. The van der Waals surface area contributed by atoms with Gasteiger partial charge >= 0.3 is 12.2 Å². The first kappa shape index (κ1) is 39.6. The van der Waals surface area contributed by atoms with Crippen molar-refractivity contribution >= 4 is 39.9 Å². The Balaban J connectivity index is 1.27. The van der Waals surface area contributed by atoms with Gasteiger partial charge in [0.2, 0.25) is 11.8 Å². The molecule has 1 saturated carbocycles. The minimum Gasteiger partial charge on any atom is -0.444 e. The maximum absolute atomic E-state index is 14.4. The quantitative estimate of drug-likeness (QED) is 0.375. The molecule has 5 amide bonds. The van der Waals surface area contributed by atoms with Crippen LogP contribution in [-0.2, 0) is 47.0 Å². The number of amides is 5. The molecule has 6 rings (SSSR count). The van der Waals surface area contributed by atoms with Gasteiger partial charge in [0, 0.05) is 24.4 Å². The highest BCUT2D eigenvalue weighted by Crippen LogP contribution is 2.46. The minimum atomic E-state index is -4.55. The fourth-order valence-corrected chi connectivity index (χ4v) is 8.32. The number of benzene rings is 2. The molecule has 0 radical (unpaired) electrons. The molecule has 1 saturated heterocycles. The fourth-order valence-electron chi connectivity index (χ4n) is 7.25. The third kappa shape index (κ3) is 9.09. The average Bonchev–Trinajstić information content (AvgIpc) is 3.40. The Morgan fingerprint density at radius 3 is 2.51 bits per heavy atom. The molecule has 2 fully saturated rings. The predicted molar refractivity (Wildman–Crippen MR) is 192 cm³/mol. The maximum Gasteiger partial charge on any atom is 0.410 e. The molecule has 1 aliphatic carbocycles. The van der Waals surface area contributed by atoms with Crippen molar-refractivity contribution in [3.63, 3.8) is 0 Å². The van der Waals surface area contributed by atoms with Gasteiger partial charge in [-0.15, -0.1) is 0 Å². The molecule has 0 unspecified atom stereocenters. The number of carbonyl (C=O) groups excluding carboxylic acids is 5. The molecule has 2 aromatic carbocycles. The van der Waals surface area contributed by atoms with Crippen LogP contribution in [0.3, 0.4) is 0 Å². The van der Waals surface area contributed by atoms with E-state index in [1.54, 1.807) is 39.0 Å². The first-order valence-electron chi connectivity index (χ1n) is 18.3. The molecule has 296 valence electrons. The standard InChI is InChI=1S/C38H45F2N5O9S/c1-37(2,3)54-35(49)41-30-16-8-6-4-5-7-12-24-19-38(24,34(48)43-55(51,52)27-14-10-13-25(39)17-27)42-32(46)31-18-26(21-45(31)33(30)47)53-36(50)44-20-23-11-9-15-29(40)28(23)22-44/h7,9-15,17,24,26,30-31H,4-6,8,16,18-22H2,1-3H3,(H,41,49)(H,42,46)(H,43,48)/b12-7-/t24-,26-,30+,31+,38-/m1/s1. The number of rotatable bonds is 5. The van der Waals surface area contributed by atoms with Gasteiger partial charge in [0.05, 0.1) is 18.0 Å². The van der Waals surface area contributed by atoms with Crippen molar-refractivity contribution in [1.29, 1.82) is 0 Å². The van der Waals surface area contributed by atoms with Crippen LogP contribution < -0.4 is 15.4 Å². The summed E-state index contributed by atoms with van der Waals surface area (Å²) in [5, 5.41) is 5.35. The number of allylic oxidation sites excluding steroid dienone is 1. The van der Waals surface area contributed by atoms with E-state index in [9.17, 15) is 41.2 Å². The summed E-state index contributed by atoms with van der Waals surface area (Å²) in [5.41, 5.74) is -1.63. The Morgan fingerprint density at radius 1 is 1.02 bits per heavy atom. The van der Waals surface area contributed by atoms with E-state index in [0.717, 1.165) is 18.2 Å². The highest BCUT2D eigenvalue weighted by atomic mass is 32.2. The molecule has 4 aliphatic rings. The Morgan fingerprint density at radius 2 is 1.78 bits per heavy atom. The molecule has 0 bridgehead atoms. The molecule has 3 N–H and O–H groups in total. The molecule has 14 nitrogen and oxygen atoms in total. The third-order valence-corrected chi connectivity index (χ3v) is 11.4. The Kier molecular flexibility index (Phi) is 11.2. The van der Waals surface area contributed by atoms with Gasteiger partial charge in [-0.3, -0.25) is 19.3 Å². The number of alkyl carbamates (subject to hydrolysis) is 1. The number of halogens is 2. The van der Waals surface area contributed by atoms with Crippen molar-refractivity contribution in [2.45, 2.75) is 113 Å². The zero-order valence-electron chi connectivity index (χ0n) is 30.8. The minimum absolute atomic E-state index is 0.0347. The second kappa shape index (κ2) is 15.6. The number of fused-ring (bicyclic) bond motifs is 3.